The first-order chi connectivity index (χ1) is 11.3. The summed E-state index contributed by atoms with van der Waals surface area (Å²) in [6.07, 6.45) is 0. The van der Waals surface area contributed by atoms with Crippen molar-refractivity contribution in [2.45, 2.75) is 6.92 Å². The van der Waals surface area contributed by atoms with E-state index in [1.807, 2.05) is 36.2 Å². The van der Waals surface area contributed by atoms with Gasteiger partial charge in [-0.3, -0.25) is 10.2 Å². The van der Waals surface area contributed by atoms with Crippen LogP contribution in [-0.2, 0) is 4.74 Å². The molecule has 0 radical (unpaired) electrons. The van der Waals surface area contributed by atoms with Gasteiger partial charge in [0.15, 0.2) is 0 Å². The van der Waals surface area contributed by atoms with Crippen molar-refractivity contribution in [3.63, 3.8) is 0 Å². The van der Waals surface area contributed by atoms with Crippen LogP contribution in [0.3, 0.4) is 0 Å². The molecule has 7 heteroatoms. The molecule has 0 unspecified atom stereocenters. The van der Waals surface area contributed by atoms with E-state index in [1.54, 1.807) is 5.38 Å². The number of thiazole rings is 1. The number of carbonyl (C=O) groups is 1. The van der Waals surface area contributed by atoms with Gasteiger partial charge in [-0.05, 0) is 31.2 Å². The Hall–Kier alpha value is -1.96. The van der Waals surface area contributed by atoms with Crippen molar-refractivity contribution in [1.29, 1.82) is 0 Å². The maximum Gasteiger partial charge on any atom is 0.285 e. The number of hydrogen-bond donors (Lipinski definition) is 1. The summed E-state index contributed by atoms with van der Waals surface area (Å²) in [5.74, 6) is 0.651. The third-order valence-electron chi connectivity index (χ3n) is 3.42. The first-order valence-corrected chi connectivity index (χ1v) is 8.46. The zero-order chi connectivity index (χ0) is 16.1. The first-order valence-electron chi connectivity index (χ1n) is 7.58. The van der Waals surface area contributed by atoms with Crippen molar-refractivity contribution in [2.24, 2.45) is 0 Å². The van der Waals surface area contributed by atoms with E-state index in [-0.39, 0.29) is 5.91 Å². The van der Waals surface area contributed by atoms with Crippen LogP contribution in [0, 0.1) is 0 Å². The van der Waals surface area contributed by atoms with Crippen molar-refractivity contribution >= 4 is 17.2 Å². The molecule has 1 saturated heterocycles. The molecule has 1 aromatic heterocycles. The molecule has 23 heavy (non-hydrogen) atoms. The maximum absolute atomic E-state index is 12.2. The number of rotatable bonds is 5. The SMILES string of the molecule is CCOc1ccc(-c2nc(C(=O)NN3CCOCC3)cs2)cc1. The van der Waals surface area contributed by atoms with Gasteiger partial charge in [0.2, 0.25) is 0 Å². The fourth-order valence-electron chi connectivity index (χ4n) is 2.25. The first kappa shape index (κ1) is 15.9. The summed E-state index contributed by atoms with van der Waals surface area (Å²) < 4.78 is 10.7. The predicted molar refractivity (Wildman–Crippen MR) is 88.6 cm³/mol. The van der Waals surface area contributed by atoms with Gasteiger partial charge in [-0.2, -0.15) is 0 Å². The number of hydrazine groups is 1. The number of amides is 1. The summed E-state index contributed by atoms with van der Waals surface area (Å²) in [6, 6.07) is 7.72. The van der Waals surface area contributed by atoms with Gasteiger partial charge in [-0.25, -0.2) is 9.99 Å². The lowest BCUT2D eigenvalue weighted by molar-refractivity contribution is 0.0125. The molecular formula is C16H19N3O3S. The molecule has 122 valence electrons. The Labute approximate surface area is 139 Å². The molecule has 2 heterocycles. The van der Waals surface area contributed by atoms with Crippen molar-refractivity contribution in [2.75, 3.05) is 32.9 Å². The highest BCUT2D eigenvalue weighted by Crippen LogP contribution is 2.25. The average molecular weight is 333 g/mol. The molecule has 0 saturated carbocycles. The van der Waals surface area contributed by atoms with Crippen LogP contribution in [0.5, 0.6) is 5.75 Å². The van der Waals surface area contributed by atoms with Crippen molar-refractivity contribution in [1.82, 2.24) is 15.4 Å². The smallest absolute Gasteiger partial charge is 0.285 e. The second kappa shape index (κ2) is 7.54. The molecular weight excluding hydrogens is 314 g/mol. The zero-order valence-corrected chi connectivity index (χ0v) is 13.8. The number of aromatic nitrogens is 1. The molecule has 3 rings (SSSR count). The number of hydrogen-bond acceptors (Lipinski definition) is 6. The molecule has 2 aromatic rings. The Morgan fingerprint density at radius 1 is 1.35 bits per heavy atom. The van der Waals surface area contributed by atoms with E-state index in [4.69, 9.17) is 9.47 Å². The quantitative estimate of drug-likeness (QED) is 0.909. The zero-order valence-electron chi connectivity index (χ0n) is 12.9. The van der Waals surface area contributed by atoms with E-state index >= 15 is 0 Å². The normalized spacial score (nSPS) is 15.3. The topological polar surface area (TPSA) is 63.7 Å². The van der Waals surface area contributed by atoms with Crippen LogP contribution >= 0.6 is 11.3 Å². The highest BCUT2D eigenvalue weighted by molar-refractivity contribution is 7.13. The Kier molecular flexibility index (Phi) is 5.22. The van der Waals surface area contributed by atoms with Crippen molar-refractivity contribution < 1.29 is 14.3 Å². The number of nitrogens with zero attached hydrogens (tertiary/aromatic N) is 2. The molecule has 0 bridgehead atoms. The molecule has 1 amide bonds. The highest BCUT2D eigenvalue weighted by atomic mass is 32.1. The van der Waals surface area contributed by atoms with Crippen LogP contribution in [-0.4, -0.2) is 48.8 Å². The lowest BCUT2D eigenvalue weighted by Crippen LogP contribution is -2.48. The van der Waals surface area contributed by atoms with Gasteiger partial charge < -0.3 is 9.47 Å². The van der Waals surface area contributed by atoms with E-state index in [0.29, 0.717) is 38.6 Å². The molecule has 1 N–H and O–H groups in total. The molecule has 0 aliphatic carbocycles. The number of benzene rings is 1. The largest absolute Gasteiger partial charge is 0.494 e. The number of morpholine rings is 1. The van der Waals surface area contributed by atoms with Crippen LogP contribution < -0.4 is 10.2 Å². The van der Waals surface area contributed by atoms with Crippen molar-refractivity contribution in [3.8, 4) is 16.3 Å². The van der Waals surface area contributed by atoms with Gasteiger partial charge in [-0.1, -0.05) is 0 Å². The summed E-state index contributed by atoms with van der Waals surface area (Å²) in [6.45, 7) is 5.25. The Balaban J connectivity index is 1.65. The van der Waals surface area contributed by atoms with Crippen LogP contribution in [0.1, 0.15) is 17.4 Å². The van der Waals surface area contributed by atoms with Gasteiger partial charge in [0.05, 0.1) is 19.8 Å². The fraction of sp³-hybridized carbons (Fsp3) is 0.375. The van der Waals surface area contributed by atoms with Crippen LogP contribution in [0.4, 0.5) is 0 Å². The Bertz CT molecular complexity index is 651. The standard InChI is InChI=1S/C16H19N3O3S/c1-2-22-13-5-3-12(4-6-13)16-17-14(11-23-16)15(20)18-19-7-9-21-10-8-19/h3-6,11H,2,7-10H2,1H3,(H,18,20). The Morgan fingerprint density at radius 3 is 2.78 bits per heavy atom. The molecule has 0 spiro atoms. The average Bonchev–Trinajstić information content (AvgIpc) is 3.07. The minimum Gasteiger partial charge on any atom is -0.494 e. The molecule has 1 aliphatic heterocycles. The van der Waals surface area contributed by atoms with Gasteiger partial charge >= 0.3 is 0 Å². The second-order valence-electron chi connectivity index (χ2n) is 5.04. The number of nitrogens with one attached hydrogen (secondary N) is 1. The molecule has 6 nitrogen and oxygen atoms in total. The maximum atomic E-state index is 12.2. The highest BCUT2D eigenvalue weighted by Gasteiger charge is 2.17. The van der Waals surface area contributed by atoms with Gasteiger partial charge in [0, 0.05) is 24.0 Å². The third-order valence-corrected chi connectivity index (χ3v) is 4.31. The van der Waals surface area contributed by atoms with Crippen LogP contribution in [0.2, 0.25) is 0 Å². The van der Waals surface area contributed by atoms with Gasteiger partial charge in [0.25, 0.3) is 5.91 Å². The van der Waals surface area contributed by atoms with Crippen LogP contribution in [0.15, 0.2) is 29.6 Å². The molecule has 0 atom stereocenters. The van der Waals surface area contributed by atoms with E-state index in [9.17, 15) is 4.79 Å². The van der Waals surface area contributed by atoms with E-state index in [1.165, 1.54) is 11.3 Å². The lowest BCUT2D eigenvalue weighted by atomic mass is 10.2. The second-order valence-corrected chi connectivity index (χ2v) is 5.89. The Morgan fingerprint density at radius 2 is 2.09 bits per heavy atom. The van der Waals surface area contributed by atoms with Gasteiger partial charge in [0.1, 0.15) is 16.5 Å². The summed E-state index contributed by atoms with van der Waals surface area (Å²) >= 11 is 1.46. The van der Waals surface area contributed by atoms with Crippen LogP contribution in [0.25, 0.3) is 10.6 Å². The summed E-state index contributed by atoms with van der Waals surface area (Å²) in [5, 5.41) is 4.46. The summed E-state index contributed by atoms with van der Waals surface area (Å²) in [5.41, 5.74) is 4.28. The minimum absolute atomic E-state index is 0.180. The van der Waals surface area contributed by atoms with Crippen molar-refractivity contribution in [3.05, 3.63) is 35.3 Å². The van der Waals surface area contributed by atoms with E-state index in [2.05, 4.69) is 10.4 Å². The monoisotopic (exact) mass is 333 g/mol. The molecule has 1 fully saturated rings. The number of carbonyl (C=O) groups excluding carboxylic acids is 1. The van der Waals surface area contributed by atoms with Gasteiger partial charge in [-0.15, -0.1) is 11.3 Å². The van der Waals surface area contributed by atoms with E-state index in [0.717, 1.165) is 16.3 Å². The number of ether oxygens (including phenoxy) is 2. The predicted octanol–water partition coefficient (Wildman–Crippen LogP) is 2.19. The third kappa shape index (κ3) is 4.07. The van der Waals surface area contributed by atoms with E-state index < -0.39 is 0 Å². The summed E-state index contributed by atoms with van der Waals surface area (Å²) in [4.78, 5) is 16.7. The fourth-order valence-corrected chi connectivity index (χ4v) is 3.05. The molecule has 1 aliphatic rings. The molecule has 1 aromatic carbocycles. The summed E-state index contributed by atoms with van der Waals surface area (Å²) in [7, 11) is 0. The lowest BCUT2D eigenvalue weighted by Gasteiger charge is -2.26. The minimum atomic E-state index is -0.180.